The first-order valence-corrected chi connectivity index (χ1v) is 6.63. The van der Waals surface area contributed by atoms with Gasteiger partial charge in [-0.15, -0.1) is 0 Å². The normalized spacial score (nSPS) is 11.4. The Morgan fingerprint density at radius 1 is 1.31 bits per heavy atom. The number of carbonyl (C=O) groups is 1. The van der Waals surface area contributed by atoms with Crippen LogP contribution in [0.25, 0.3) is 0 Å². The molecule has 0 atom stereocenters. The molecule has 0 unspecified atom stereocenters. The molecule has 0 fully saturated rings. The van der Waals surface area contributed by atoms with Crippen LogP contribution in [0.4, 0.5) is 0 Å². The van der Waals surface area contributed by atoms with Crippen molar-refractivity contribution >= 4 is 39.0 Å². The van der Waals surface area contributed by atoms with E-state index in [1.807, 2.05) is 0 Å². The van der Waals surface area contributed by atoms with Crippen molar-refractivity contribution in [1.29, 1.82) is 0 Å². The Balaban J connectivity index is 3.07. The van der Waals surface area contributed by atoms with Crippen LogP contribution in [0.5, 0.6) is 0 Å². The van der Waals surface area contributed by atoms with Crippen LogP contribution < -0.4 is 0 Å². The van der Waals surface area contributed by atoms with E-state index in [2.05, 4.69) is 0 Å². The maximum atomic E-state index is 11.7. The Kier molecular flexibility index (Phi) is 4.18. The second kappa shape index (κ2) is 5.03. The quantitative estimate of drug-likeness (QED) is 0.919. The summed E-state index contributed by atoms with van der Waals surface area (Å²) in [5, 5.41) is 8.70. The Morgan fingerprint density at radius 3 is 2.50 bits per heavy atom. The van der Waals surface area contributed by atoms with E-state index in [1.165, 1.54) is 18.2 Å². The Labute approximate surface area is 103 Å². The summed E-state index contributed by atoms with van der Waals surface area (Å²) in [6.45, 7) is 0. The third-order valence-corrected chi connectivity index (χ3v) is 4.24. The lowest BCUT2D eigenvalue weighted by molar-refractivity contribution is -0.136. The fraction of sp³-hybridized carbons (Fsp3) is 0.222. The van der Waals surface area contributed by atoms with Gasteiger partial charge in [0.05, 0.1) is 22.1 Å². The number of carboxylic acids is 1. The molecule has 1 N–H and O–H groups in total. The van der Waals surface area contributed by atoms with Crippen LogP contribution in [0.1, 0.15) is 6.42 Å². The van der Waals surface area contributed by atoms with Gasteiger partial charge in [0.2, 0.25) is 0 Å². The molecule has 0 heterocycles. The van der Waals surface area contributed by atoms with Crippen molar-refractivity contribution in [1.82, 2.24) is 0 Å². The molecule has 16 heavy (non-hydrogen) atoms. The van der Waals surface area contributed by atoms with Crippen molar-refractivity contribution in [3.8, 4) is 0 Å². The summed E-state index contributed by atoms with van der Waals surface area (Å²) in [5.74, 6) is -1.68. The first kappa shape index (κ1) is 13.3. The molecule has 0 spiro atoms. The summed E-state index contributed by atoms with van der Waals surface area (Å²) in [6, 6.07) is 4.03. The van der Waals surface area contributed by atoms with Gasteiger partial charge in [-0.3, -0.25) is 4.79 Å². The maximum absolute atomic E-state index is 11.7. The second-order valence-electron chi connectivity index (χ2n) is 3.04. The zero-order valence-corrected chi connectivity index (χ0v) is 10.3. The highest BCUT2D eigenvalue weighted by Crippen LogP contribution is 2.26. The predicted octanol–water partition coefficient (Wildman–Crippen LogP) is 2.24. The predicted molar refractivity (Wildman–Crippen MR) is 60.8 cm³/mol. The van der Waals surface area contributed by atoms with E-state index in [0.717, 1.165) is 0 Å². The summed E-state index contributed by atoms with van der Waals surface area (Å²) in [4.78, 5) is 10.2. The summed E-state index contributed by atoms with van der Waals surface area (Å²) in [5.41, 5.74) is 0. The summed E-state index contributed by atoms with van der Waals surface area (Å²) < 4.78 is 23.4. The van der Waals surface area contributed by atoms with Gasteiger partial charge in [0.15, 0.2) is 9.84 Å². The molecule has 0 aliphatic heterocycles. The first-order chi connectivity index (χ1) is 7.33. The lowest BCUT2D eigenvalue weighted by atomic mass is 10.4. The molecule has 1 rings (SSSR count). The molecular weight excluding hydrogens is 275 g/mol. The number of hydrogen-bond acceptors (Lipinski definition) is 3. The average molecular weight is 283 g/mol. The Hall–Kier alpha value is -0.780. The minimum atomic E-state index is -3.71. The van der Waals surface area contributed by atoms with E-state index in [-0.39, 0.29) is 14.9 Å². The van der Waals surface area contributed by atoms with Crippen LogP contribution >= 0.6 is 23.2 Å². The fourth-order valence-electron chi connectivity index (χ4n) is 1.05. The maximum Gasteiger partial charge on any atom is 0.304 e. The van der Waals surface area contributed by atoms with Crippen molar-refractivity contribution < 1.29 is 18.3 Å². The van der Waals surface area contributed by atoms with Crippen LogP contribution in [-0.4, -0.2) is 25.2 Å². The highest BCUT2D eigenvalue weighted by Gasteiger charge is 2.19. The molecule has 0 saturated carbocycles. The molecule has 0 amide bonds. The van der Waals surface area contributed by atoms with Crippen molar-refractivity contribution in [3.05, 3.63) is 28.2 Å². The van der Waals surface area contributed by atoms with Crippen molar-refractivity contribution in [2.24, 2.45) is 0 Å². The number of halogens is 2. The van der Waals surface area contributed by atoms with E-state index in [9.17, 15) is 13.2 Å². The smallest absolute Gasteiger partial charge is 0.304 e. The van der Waals surface area contributed by atoms with E-state index in [1.54, 1.807) is 0 Å². The summed E-state index contributed by atoms with van der Waals surface area (Å²) in [6.07, 6.45) is -0.467. The molecule has 1 aromatic carbocycles. The van der Waals surface area contributed by atoms with E-state index in [4.69, 9.17) is 28.3 Å². The zero-order valence-electron chi connectivity index (χ0n) is 7.98. The average Bonchev–Trinajstić information content (AvgIpc) is 2.19. The van der Waals surface area contributed by atoms with Crippen LogP contribution in [0.2, 0.25) is 10.0 Å². The number of sulfone groups is 1. The molecule has 1 aromatic rings. The Morgan fingerprint density at radius 2 is 1.94 bits per heavy atom. The van der Waals surface area contributed by atoms with Crippen LogP contribution in [0.3, 0.4) is 0 Å². The Bertz CT molecular complexity index is 510. The number of benzene rings is 1. The van der Waals surface area contributed by atoms with Gasteiger partial charge in [-0.05, 0) is 18.2 Å². The minimum Gasteiger partial charge on any atom is -0.481 e. The van der Waals surface area contributed by atoms with E-state index < -0.39 is 28.0 Å². The highest BCUT2D eigenvalue weighted by atomic mass is 35.5. The molecule has 4 nitrogen and oxygen atoms in total. The van der Waals surface area contributed by atoms with E-state index >= 15 is 0 Å². The molecule has 0 aromatic heterocycles. The van der Waals surface area contributed by atoms with Gasteiger partial charge < -0.3 is 5.11 Å². The van der Waals surface area contributed by atoms with Crippen LogP contribution in [0.15, 0.2) is 23.1 Å². The largest absolute Gasteiger partial charge is 0.481 e. The molecule has 0 bridgehead atoms. The number of hydrogen-bond donors (Lipinski definition) is 1. The molecule has 7 heteroatoms. The number of carboxylic acid groups (broad SMARTS) is 1. The summed E-state index contributed by atoms with van der Waals surface area (Å²) in [7, 11) is -3.71. The van der Waals surface area contributed by atoms with Crippen LogP contribution in [-0.2, 0) is 14.6 Å². The van der Waals surface area contributed by atoms with Gasteiger partial charge >= 0.3 is 5.97 Å². The summed E-state index contributed by atoms with van der Waals surface area (Å²) >= 11 is 11.4. The topological polar surface area (TPSA) is 71.4 Å². The molecular formula is C9H8Cl2O4S. The first-order valence-electron chi connectivity index (χ1n) is 4.22. The van der Waals surface area contributed by atoms with Crippen molar-refractivity contribution in [2.75, 3.05) is 5.75 Å². The minimum absolute atomic E-state index is 0.0368. The highest BCUT2D eigenvalue weighted by molar-refractivity contribution is 7.91. The monoisotopic (exact) mass is 282 g/mol. The van der Waals surface area contributed by atoms with Gasteiger partial charge in [0, 0.05) is 5.02 Å². The molecule has 0 radical (unpaired) electrons. The standard InChI is InChI=1S/C9H8Cl2O4S/c10-6-1-2-7(11)8(5-6)16(14,15)4-3-9(12)13/h1-2,5H,3-4H2,(H,12,13). The third kappa shape index (κ3) is 3.37. The lowest BCUT2D eigenvalue weighted by Gasteiger charge is -2.05. The molecule has 88 valence electrons. The van der Waals surface area contributed by atoms with Crippen LogP contribution in [0, 0.1) is 0 Å². The third-order valence-electron chi connectivity index (χ3n) is 1.81. The van der Waals surface area contributed by atoms with Gasteiger partial charge in [0.1, 0.15) is 0 Å². The number of aliphatic carboxylic acids is 1. The molecule has 0 saturated heterocycles. The van der Waals surface area contributed by atoms with Gasteiger partial charge in [-0.1, -0.05) is 23.2 Å². The van der Waals surface area contributed by atoms with Gasteiger partial charge in [0.25, 0.3) is 0 Å². The molecule has 0 aliphatic rings. The van der Waals surface area contributed by atoms with Gasteiger partial charge in [-0.2, -0.15) is 0 Å². The SMILES string of the molecule is O=C(O)CCS(=O)(=O)c1cc(Cl)ccc1Cl. The van der Waals surface area contributed by atoms with Crippen molar-refractivity contribution in [3.63, 3.8) is 0 Å². The van der Waals surface area contributed by atoms with Crippen molar-refractivity contribution in [2.45, 2.75) is 11.3 Å². The fourth-order valence-corrected chi connectivity index (χ4v) is 3.09. The second-order valence-corrected chi connectivity index (χ2v) is 5.96. The number of rotatable bonds is 4. The molecule has 0 aliphatic carbocycles. The van der Waals surface area contributed by atoms with Gasteiger partial charge in [-0.25, -0.2) is 8.42 Å². The zero-order chi connectivity index (χ0) is 12.3. The van der Waals surface area contributed by atoms with E-state index in [0.29, 0.717) is 0 Å². The lowest BCUT2D eigenvalue weighted by Crippen LogP contribution is -2.11.